The maximum Gasteiger partial charge on any atom is 0.347 e. The SMILES string of the molecule is O=C(OCCn1c(-c2ccccn2)nc2ccccc21)C(O)(c1ccccc1)c1ccccc1. The fraction of sp³-hybridized carbons (Fsp3) is 0.107. The number of aliphatic hydroxyl groups is 1. The number of imidazole rings is 1. The van der Waals surface area contributed by atoms with Gasteiger partial charge in [0.05, 0.1) is 17.6 Å². The maximum atomic E-state index is 13.3. The van der Waals surface area contributed by atoms with Crippen molar-refractivity contribution in [2.24, 2.45) is 0 Å². The van der Waals surface area contributed by atoms with Gasteiger partial charge in [0.15, 0.2) is 5.82 Å². The van der Waals surface area contributed by atoms with Gasteiger partial charge in [-0.3, -0.25) is 4.98 Å². The number of para-hydroxylation sites is 2. The molecule has 0 aliphatic rings. The Morgan fingerprint density at radius 1 is 0.824 bits per heavy atom. The molecule has 34 heavy (non-hydrogen) atoms. The first-order chi connectivity index (χ1) is 16.7. The molecule has 0 saturated heterocycles. The summed E-state index contributed by atoms with van der Waals surface area (Å²) in [5, 5.41) is 11.6. The number of hydrogen-bond donors (Lipinski definition) is 1. The van der Waals surface area contributed by atoms with E-state index < -0.39 is 11.6 Å². The van der Waals surface area contributed by atoms with Gasteiger partial charge in [0.2, 0.25) is 5.60 Å². The van der Waals surface area contributed by atoms with Crippen LogP contribution >= 0.6 is 0 Å². The molecule has 0 spiro atoms. The van der Waals surface area contributed by atoms with Crippen LogP contribution in [-0.4, -0.2) is 32.2 Å². The van der Waals surface area contributed by atoms with Crippen molar-refractivity contribution in [3.63, 3.8) is 0 Å². The summed E-state index contributed by atoms with van der Waals surface area (Å²) in [6.45, 7) is 0.415. The molecule has 3 aromatic carbocycles. The molecular formula is C28H23N3O3. The lowest BCUT2D eigenvalue weighted by Gasteiger charge is -2.27. The van der Waals surface area contributed by atoms with Gasteiger partial charge in [-0.15, -0.1) is 0 Å². The number of hydrogen-bond acceptors (Lipinski definition) is 5. The highest BCUT2D eigenvalue weighted by Crippen LogP contribution is 2.31. The molecule has 0 amide bonds. The second-order valence-corrected chi connectivity index (χ2v) is 7.87. The van der Waals surface area contributed by atoms with Crippen LogP contribution in [0.25, 0.3) is 22.6 Å². The van der Waals surface area contributed by atoms with Crippen LogP contribution in [0, 0.1) is 0 Å². The molecule has 2 aromatic heterocycles. The van der Waals surface area contributed by atoms with Crippen LogP contribution in [0.2, 0.25) is 0 Å². The summed E-state index contributed by atoms with van der Waals surface area (Å²) >= 11 is 0. The van der Waals surface area contributed by atoms with Crippen molar-refractivity contribution in [1.29, 1.82) is 0 Å². The Morgan fingerprint density at radius 3 is 2.09 bits per heavy atom. The molecule has 0 aliphatic heterocycles. The maximum absolute atomic E-state index is 13.3. The molecular weight excluding hydrogens is 426 g/mol. The van der Waals surface area contributed by atoms with Crippen molar-refractivity contribution >= 4 is 17.0 Å². The molecule has 2 heterocycles. The van der Waals surface area contributed by atoms with Crippen molar-refractivity contribution in [2.45, 2.75) is 12.1 Å². The average molecular weight is 450 g/mol. The van der Waals surface area contributed by atoms with E-state index in [4.69, 9.17) is 9.72 Å². The van der Waals surface area contributed by atoms with Crippen molar-refractivity contribution in [2.75, 3.05) is 6.61 Å². The Hall–Kier alpha value is -4.29. The third-order valence-electron chi connectivity index (χ3n) is 5.78. The molecule has 6 nitrogen and oxygen atoms in total. The number of nitrogens with zero attached hydrogens (tertiary/aromatic N) is 3. The van der Waals surface area contributed by atoms with Gasteiger partial charge in [0.25, 0.3) is 0 Å². The fourth-order valence-electron chi connectivity index (χ4n) is 4.09. The topological polar surface area (TPSA) is 77.2 Å². The van der Waals surface area contributed by atoms with Crippen molar-refractivity contribution in [3.05, 3.63) is 120 Å². The summed E-state index contributed by atoms with van der Waals surface area (Å²) in [5.74, 6) is -0.0343. The molecule has 0 atom stereocenters. The summed E-state index contributed by atoms with van der Waals surface area (Å²) in [6.07, 6.45) is 1.72. The lowest BCUT2D eigenvalue weighted by Crippen LogP contribution is -2.39. The zero-order valence-electron chi connectivity index (χ0n) is 18.4. The standard InChI is InChI=1S/C28H23N3O3/c32-27(28(33,21-11-3-1-4-12-21)22-13-5-2-6-14-22)34-20-19-31-25-17-8-7-15-23(25)30-26(31)24-16-9-10-18-29-24/h1-18,33H,19-20H2. The van der Waals surface area contributed by atoms with E-state index in [9.17, 15) is 9.90 Å². The van der Waals surface area contributed by atoms with Crippen molar-refractivity contribution in [3.8, 4) is 11.5 Å². The summed E-state index contributed by atoms with van der Waals surface area (Å²) < 4.78 is 7.65. The number of benzene rings is 3. The number of aromatic nitrogens is 3. The van der Waals surface area contributed by atoms with Crippen LogP contribution in [0.5, 0.6) is 0 Å². The highest BCUT2D eigenvalue weighted by atomic mass is 16.5. The summed E-state index contributed by atoms with van der Waals surface area (Å²) in [6, 6.07) is 31.1. The number of ether oxygens (including phenoxy) is 1. The summed E-state index contributed by atoms with van der Waals surface area (Å²) in [7, 11) is 0. The Labute approximate surface area is 197 Å². The van der Waals surface area contributed by atoms with Gasteiger partial charge >= 0.3 is 5.97 Å². The molecule has 5 rings (SSSR count). The number of pyridine rings is 1. The quantitative estimate of drug-likeness (QED) is 0.368. The molecule has 5 aromatic rings. The first-order valence-corrected chi connectivity index (χ1v) is 11.1. The van der Waals surface area contributed by atoms with E-state index in [-0.39, 0.29) is 6.61 Å². The predicted octanol–water partition coefficient (Wildman–Crippen LogP) is 4.58. The number of carbonyl (C=O) groups excluding carboxylic acids is 1. The number of fused-ring (bicyclic) bond motifs is 1. The van der Waals surface area contributed by atoms with E-state index in [2.05, 4.69) is 4.98 Å². The van der Waals surface area contributed by atoms with Crippen LogP contribution in [0.3, 0.4) is 0 Å². The van der Waals surface area contributed by atoms with Gasteiger partial charge in [0, 0.05) is 6.20 Å². The minimum Gasteiger partial charge on any atom is -0.461 e. The van der Waals surface area contributed by atoms with Gasteiger partial charge in [0.1, 0.15) is 12.3 Å². The molecule has 0 fully saturated rings. The number of carbonyl (C=O) groups is 1. The number of rotatable bonds is 7. The van der Waals surface area contributed by atoms with E-state index >= 15 is 0 Å². The lowest BCUT2D eigenvalue weighted by molar-refractivity contribution is -0.162. The normalized spacial score (nSPS) is 11.4. The van der Waals surface area contributed by atoms with Crippen LogP contribution in [0.1, 0.15) is 11.1 Å². The molecule has 1 N–H and O–H groups in total. The zero-order chi connectivity index (χ0) is 23.4. The minimum atomic E-state index is -1.91. The summed E-state index contributed by atoms with van der Waals surface area (Å²) in [5.41, 5.74) is 1.47. The van der Waals surface area contributed by atoms with E-state index in [0.29, 0.717) is 23.5 Å². The molecule has 0 aliphatic carbocycles. The highest BCUT2D eigenvalue weighted by molar-refractivity contribution is 5.85. The first kappa shape index (κ1) is 21.6. The molecule has 0 unspecified atom stereocenters. The lowest BCUT2D eigenvalue weighted by atomic mass is 9.86. The van der Waals surface area contributed by atoms with Crippen molar-refractivity contribution < 1.29 is 14.6 Å². The van der Waals surface area contributed by atoms with E-state index in [1.54, 1.807) is 54.7 Å². The van der Waals surface area contributed by atoms with Crippen LogP contribution in [0.15, 0.2) is 109 Å². The Balaban J connectivity index is 1.43. The largest absolute Gasteiger partial charge is 0.461 e. The van der Waals surface area contributed by atoms with Crippen LogP contribution in [0.4, 0.5) is 0 Å². The smallest absolute Gasteiger partial charge is 0.347 e. The second kappa shape index (κ2) is 9.29. The zero-order valence-corrected chi connectivity index (χ0v) is 18.4. The molecule has 6 heteroatoms. The average Bonchev–Trinajstić information content (AvgIpc) is 3.28. The third kappa shape index (κ3) is 3.95. The Kier molecular flexibility index (Phi) is 5.89. The van der Waals surface area contributed by atoms with E-state index in [1.807, 2.05) is 59.2 Å². The predicted molar refractivity (Wildman–Crippen MR) is 130 cm³/mol. The van der Waals surface area contributed by atoms with E-state index in [1.165, 1.54) is 0 Å². The number of esters is 1. The van der Waals surface area contributed by atoms with E-state index in [0.717, 1.165) is 16.7 Å². The van der Waals surface area contributed by atoms with Crippen LogP contribution < -0.4 is 0 Å². The second-order valence-electron chi connectivity index (χ2n) is 7.87. The third-order valence-corrected chi connectivity index (χ3v) is 5.78. The monoisotopic (exact) mass is 449 g/mol. The first-order valence-electron chi connectivity index (χ1n) is 11.1. The van der Waals surface area contributed by atoms with Crippen molar-refractivity contribution in [1.82, 2.24) is 14.5 Å². The van der Waals surface area contributed by atoms with Gasteiger partial charge in [-0.1, -0.05) is 78.9 Å². The molecule has 0 bridgehead atoms. The van der Waals surface area contributed by atoms with Crippen LogP contribution in [-0.2, 0) is 21.7 Å². The Morgan fingerprint density at radius 2 is 1.44 bits per heavy atom. The van der Waals surface area contributed by atoms with Gasteiger partial charge in [-0.25, -0.2) is 9.78 Å². The molecule has 0 saturated carbocycles. The van der Waals surface area contributed by atoms with Gasteiger partial charge < -0.3 is 14.4 Å². The van der Waals surface area contributed by atoms with Gasteiger partial charge in [-0.2, -0.15) is 0 Å². The minimum absolute atomic E-state index is 0.0565. The highest BCUT2D eigenvalue weighted by Gasteiger charge is 2.41. The molecule has 0 radical (unpaired) electrons. The fourth-order valence-corrected chi connectivity index (χ4v) is 4.09. The Bertz CT molecular complexity index is 1360. The molecule has 168 valence electrons. The summed E-state index contributed by atoms with van der Waals surface area (Å²) in [4.78, 5) is 22.5. The van der Waals surface area contributed by atoms with Gasteiger partial charge in [-0.05, 0) is 35.4 Å².